The van der Waals surface area contributed by atoms with E-state index >= 15 is 0 Å². The molecule has 7 heteroatoms. The molecule has 0 saturated carbocycles. The average Bonchev–Trinajstić information content (AvgIpc) is 2.71. The smallest absolute Gasteiger partial charge is 0.257 e. The van der Waals surface area contributed by atoms with Crippen molar-refractivity contribution in [3.05, 3.63) is 12.5 Å². The third-order valence-electron chi connectivity index (χ3n) is 2.31. The van der Waals surface area contributed by atoms with Crippen LogP contribution in [0, 0.1) is 0 Å². The summed E-state index contributed by atoms with van der Waals surface area (Å²) in [7, 11) is -3.44. The fraction of sp³-hybridized carbons (Fsp3) is 0.625. The van der Waals surface area contributed by atoms with Gasteiger partial charge in [0.2, 0.25) is 0 Å². The summed E-state index contributed by atoms with van der Waals surface area (Å²) in [6.07, 6.45) is 4.07. The van der Waals surface area contributed by atoms with Crippen molar-refractivity contribution in [3.8, 4) is 0 Å². The molecule has 1 aromatic heterocycles. The highest BCUT2D eigenvalue weighted by Crippen LogP contribution is 2.10. The minimum Gasteiger partial charge on any atom is -0.381 e. The summed E-state index contributed by atoms with van der Waals surface area (Å²) in [5.41, 5.74) is 0. The van der Waals surface area contributed by atoms with E-state index in [-0.39, 0.29) is 11.1 Å². The highest BCUT2D eigenvalue weighted by Gasteiger charge is 2.22. The van der Waals surface area contributed by atoms with E-state index in [2.05, 4.69) is 14.7 Å². The first-order valence-electron chi connectivity index (χ1n) is 4.77. The van der Waals surface area contributed by atoms with Crippen LogP contribution in [0.2, 0.25) is 0 Å². The number of nitrogens with one attached hydrogen (secondary N) is 2. The molecule has 1 aromatic rings. The Kier molecular flexibility index (Phi) is 3.03. The molecule has 2 N–H and O–H groups in total. The molecule has 0 aliphatic carbocycles. The third-order valence-corrected chi connectivity index (χ3v) is 3.75. The summed E-state index contributed by atoms with van der Waals surface area (Å²) in [6.45, 7) is 1.21. The van der Waals surface area contributed by atoms with Gasteiger partial charge in [0.25, 0.3) is 10.0 Å². The van der Waals surface area contributed by atoms with E-state index < -0.39 is 10.0 Å². The predicted molar refractivity (Wildman–Crippen MR) is 52.8 cm³/mol. The Morgan fingerprint density at radius 2 is 2.20 bits per heavy atom. The number of H-pyrrole nitrogens is 1. The Labute approximate surface area is 88.1 Å². The zero-order chi connectivity index (χ0) is 10.7. The van der Waals surface area contributed by atoms with Crippen molar-refractivity contribution in [1.82, 2.24) is 14.7 Å². The molecule has 15 heavy (non-hydrogen) atoms. The molecular weight excluding hydrogens is 218 g/mol. The van der Waals surface area contributed by atoms with Gasteiger partial charge in [-0.25, -0.2) is 18.1 Å². The largest absolute Gasteiger partial charge is 0.381 e. The number of sulfonamides is 1. The van der Waals surface area contributed by atoms with Crippen LogP contribution in [0.25, 0.3) is 0 Å². The molecule has 1 fully saturated rings. The first kappa shape index (κ1) is 10.6. The van der Waals surface area contributed by atoms with E-state index in [1.165, 1.54) is 12.5 Å². The van der Waals surface area contributed by atoms with Gasteiger partial charge in [-0.3, -0.25) is 0 Å². The SMILES string of the molecule is O=S(=O)(NC1CCOCC1)c1cnc[nH]1. The maximum atomic E-state index is 11.7. The Balaban J connectivity index is 2.04. The van der Waals surface area contributed by atoms with E-state index in [1.807, 2.05) is 0 Å². The van der Waals surface area contributed by atoms with Crippen LogP contribution in [-0.2, 0) is 14.8 Å². The van der Waals surface area contributed by atoms with E-state index in [4.69, 9.17) is 4.74 Å². The lowest BCUT2D eigenvalue weighted by Crippen LogP contribution is -2.38. The van der Waals surface area contributed by atoms with Gasteiger partial charge in [-0.1, -0.05) is 0 Å². The van der Waals surface area contributed by atoms with Gasteiger partial charge in [0.05, 0.1) is 12.5 Å². The lowest BCUT2D eigenvalue weighted by Gasteiger charge is -2.22. The minimum absolute atomic E-state index is 0.0351. The van der Waals surface area contributed by atoms with Gasteiger partial charge in [0.15, 0.2) is 5.03 Å². The first-order chi connectivity index (χ1) is 7.18. The van der Waals surface area contributed by atoms with Gasteiger partial charge in [0.1, 0.15) is 0 Å². The highest BCUT2D eigenvalue weighted by molar-refractivity contribution is 7.89. The van der Waals surface area contributed by atoms with Crippen molar-refractivity contribution >= 4 is 10.0 Å². The number of rotatable bonds is 3. The highest BCUT2D eigenvalue weighted by atomic mass is 32.2. The van der Waals surface area contributed by atoms with Crippen LogP contribution in [-0.4, -0.2) is 37.6 Å². The number of hydrogen-bond donors (Lipinski definition) is 2. The van der Waals surface area contributed by atoms with Gasteiger partial charge >= 0.3 is 0 Å². The predicted octanol–water partition coefficient (Wildman–Crippen LogP) is -0.133. The molecule has 6 nitrogen and oxygen atoms in total. The molecule has 0 bridgehead atoms. The lowest BCUT2D eigenvalue weighted by atomic mass is 10.1. The maximum Gasteiger partial charge on any atom is 0.257 e. The topological polar surface area (TPSA) is 84.1 Å². The van der Waals surface area contributed by atoms with Crippen LogP contribution in [0.5, 0.6) is 0 Å². The van der Waals surface area contributed by atoms with Crippen LogP contribution in [0.3, 0.4) is 0 Å². The fourth-order valence-corrected chi connectivity index (χ4v) is 2.70. The average molecular weight is 231 g/mol. The Morgan fingerprint density at radius 1 is 1.47 bits per heavy atom. The number of imidazole rings is 1. The summed E-state index contributed by atoms with van der Waals surface area (Å²) in [5, 5.41) is 0.106. The van der Waals surface area contributed by atoms with Crippen molar-refractivity contribution in [1.29, 1.82) is 0 Å². The summed E-state index contributed by atoms with van der Waals surface area (Å²) in [6, 6.07) is -0.0351. The second-order valence-electron chi connectivity index (χ2n) is 3.42. The van der Waals surface area contributed by atoms with Crippen molar-refractivity contribution < 1.29 is 13.2 Å². The molecule has 0 amide bonds. The Hall–Kier alpha value is -0.920. The molecule has 0 unspecified atom stereocenters. The van der Waals surface area contributed by atoms with Gasteiger partial charge in [-0.2, -0.15) is 0 Å². The molecule has 0 radical (unpaired) electrons. The zero-order valence-corrected chi connectivity index (χ0v) is 8.96. The quantitative estimate of drug-likeness (QED) is 0.758. The van der Waals surface area contributed by atoms with Gasteiger partial charge < -0.3 is 9.72 Å². The fourth-order valence-electron chi connectivity index (χ4n) is 1.49. The van der Waals surface area contributed by atoms with Crippen LogP contribution in [0.15, 0.2) is 17.6 Å². The molecule has 1 aliphatic heterocycles. The third kappa shape index (κ3) is 2.55. The standard InChI is InChI=1S/C8H13N3O3S/c12-15(13,8-5-9-6-10-8)11-7-1-3-14-4-2-7/h5-7,11H,1-4H2,(H,9,10). The van der Waals surface area contributed by atoms with Crippen molar-refractivity contribution in [2.45, 2.75) is 23.9 Å². The Bertz CT molecular complexity index is 395. The second kappa shape index (κ2) is 4.30. The first-order valence-corrected chi connectivity index (χ1v) is 6.25. The summed E-state index contributed by atoms with van der Waals surface area (Å²) in [4.78, 5) is 6.26. The number of hydrogen-bond acceptors (Lipinski definition) is 4. The van der Waals surface area contributed by atoms with E-state index in [1.54, 1.807) is 0 Å². The van der Waals surface area contributed by atoms with Crippen molar-refractivity contribution in [3.63, 3.8) is 0 Å². The van der Waals surface area contributed by atoms with Crippen molar-refractivity contribution in [2.75, 3.05) is 13.2 Å². The zero-order valence-electron chi connectivity index (χ0n) is 8.14. The number of aromatic nitrogens is 2. The lowest BCUT2D eigenvalue weighted by molar-refractivity contribution is 0.0832. The minimum atomic E-state index is -3.44. The number of aromatic amines is 1. The molecule has 1 aliphatic rings. The van der Waals surface area contributed by atoms with Gasteiger partial charge in [0, 0.05) is 19.3 Å². The molecule has 2 heterocycles. The molecule has 84 valence electrons. The van der Waals surface area contributed by atoms with Crippen LogP contribution >= 0.6 is 0 Å². The molecule has 1 saturated heterocycles. The van der Waals surface area contributed by atoms with E-state index in [0.29, 0.717) is 26.1 Å². The second-order valence-corrected chi connectivity index (χ2v) is 5.11. The van der Waals surface area contributed by atoms with Crippen LogP contribution in [0.1, 0.15) is 12.8 Å². The number of nitrogens with zero attached hydrogens (tertiary/aromatic N) is 1. The van der Waals surface area contributed by atoms with E-state index in [0.717, 1.165) is 0 Å². The normalized spacial score (nSPS) is 19.2. The van der Waals surface area contributed by atoms with Gasteiger partial charge in [-0.15, -0.1) is 0 Å². The summed E-state index contributed by atoms with van der Waals surface area (Å²) < 4.78 is 31.2. The molecule has 0 spiro atoms. The van der Waals surface area contributed by atoms with E-state index in [9.17, 15) is 8.42 Å². The molecule has 0 aromatic carbocycles. The summed E-state index contributed by atoms with van der Waals surface area (Å²) in [5.74, 6) is 0. The number of ether oxygens (including phenoxy) is 1. The molecule has 0 atom stereocenters. The van der Waals surface area contributed by atoms with Crippen LogP contribution in [0.4, 0.5) is 0 Å². The summed E-state index contributed by atoms with van der Waals surface area (Å²) >= 11 is 0. The monoisotopic (exact) mass is 231 g/mol. The van der Waals surface area contributed by atoms with Crippen molar-refractivity contribution in [2.24, 2.45) is 0 Å². The van der Waals surface area contributed by atoms with Gasteiger partial charge in [-0.05, 0) is 12.8 Å². The maximum absolute atomic E-state index is 11.7. The van der Waals surface area contributed by atoms with Crippen LogP contribution < -0.4 is 4.72 Å². The Morgan fingerprint density at radius 3 is 2.80 bits per heavy atom. The molecule has 2 rings (SSSR count). The molecular formula is C8H13N3O3S.